The smallest absolute Gasteiger partial charge is 0.157 e. The third-order valence-electron chi connectivity index (χ3n) is 3.58. The number of hydrogen-bond donors (Lipinski definition) is 0. The summed E-state index contributed by atoms with van der Waals surface area (Å²) in [7, 11) is 0. The van der Waals surface area contributed by atoms with Crippen LogP contribution < -0.4 is 0 Å². The zero-order valence-electron chi connectivity index (χ0n) is 11.5. The van der Waals surface area contributed by atoms with Crippen molar-refractivity contribution in [3.63, 3.8) is 0 Å². The second-order valence-electron chi connectivity index (χ2n) is 5.12. The second kappa shape index (κ2) is 6.36. The Labute approximate surface area is 131 Å². The molecule has 0 radical (unpaired) electrons. The summed E-state index contributed by atoms with van der Waals surface area (Å²) < 4.78 is 14.8. The molecule has 1 aliphatic heterocycles. The van der Waals surface area contributed by atoms with Gasteiger partial charge in [0.25, 0.3) is 0 Å². The molecule has 108 valence electrons. The average Bonchev–Trinajstić information content (AvgIpc) is 2.84. The van der Waals surface area contributed by atoms with Crippen LogP contribution in [0.5, 0.6) is 0 Å². The summed E-state index contributed by atoms with van der Waals surface area (Å²) in [5, 5.41) is 1.09. The van der Waals surface area contributed by atoms with Gasteiger partial charge in [0.05, 0.1) is 18.0 Å². The number of fused-ring (bicyclic) bond motifs is 1. The molecule has 0 amide bonds. The molecule has 2 aromatic rings. The van der Waals surface area contributed by atoms with E-state index in [9.17, 15) is 0 Å². The molecule has 0 spiro atoms. The molecular formula is C14H18IN3O2. The molecule has 0 aromatic carbocycles. The summed E-state index contributed by atoms with van der Waals surface area (Å²) in [5.41, 5.74) is 0.963. The fraction of sp³-hybridized carbons (Fsp3) is 0.571. The first-order chi connectivity index (χ1) is 9.75. The highest BCUT2D eigenvalue weighted by Crippen LogP contribution is 2.24. The molecule has 5 nitrogen and oxygen atoms in total. The summed E-state index contributed by atoms with van der Waals surface area (Å²) in [6.45, 7) is 3.59. The molecular weight excluding hydrogens is 369 g/mol. The minimum absolute atomic E-state index is 0.0401. The Kier molecular flexibility index (Phi) is 4.52. The van der Waals surface area contributed by atoms with E-state index in [2.05, 4.69) is 50.2 Å². The summed E-state index contributed by atoms with van der Waals surface area (Å²) >= 11 is 2.32. The lowest BCUT2D eigenvalue weighted by molar-refractivity contribution is -0.166. The van der Waals surface area contributed by atoms with E-state index in [1.807, 2.05) is 6.20 Å². The van der Waals surface area contributed by atoms with Crippen LogP contribution in [0.2, 0.25) is 0 Å². The van der Waals surface area contributed by atoms with Gasteiger partial charge in [-0.05, 0) is 48.8 Å². The first-order valence-electron chi connectivity index (χ1n) is 6.95. The van der Waals surface area contributed by atoms with E-state index in [-0.39, 0.29) is 12.3 Å². The van der Waals surface area contributed by atoms with E-state index >= 15 is 0 Å². The quantitative estimate of drug-likeness (QED) is 0.757. The lowest BCUT2D eigenvalue weighted by Crippen LogP contribution is -2.25. The zero-order chi connectivity index (χ0) is 13.9. The van der Waals surface area contributed by atoms with Crippen LogP contribution in [0.3, 0.4) is 0 Å². The largest absolute Gasteiger partial charge is 0.353 e. The molecule has 20 heavy (non-hydrogen) atoms. The molecule has 2 atom stereocenters. The average molecular weight is 387 g/mol. The van der Waals surface area contributed by atoms with Gasteiger partial charge in [-0.15, -0.1) is 0 Å². The van der Waals surface area contributed by atoms with Crippen LogP contribution >= 0.6 is 22.6 Å². The fourth-order valence-corrected chi connectivity index (χ4v) is 3.14. The lowest BCUT2D eigenvalue weighted by Gasteiger charge is -2.24. The summed E-state index contributed by atoms with van der Waals surface area (Å²) in [5.74, 6) is 0. The van der Waals surface area contributed by atoms with E-state index in [1.165, 1.54) is 9.99 Å². The molecule has 1 saturated heterocycles. The van der Waals surface area contributed by atoms with Gasteiger partial charge in [-0.25, -0.2) is 9.97 Å². The monoisotopic (exact) mass is 387 g/mol. The normalized spacial score (nSPS) is 21.2. The second-order valence-corrected chi connectivity index (χ2v) is 6.29. The number of ether oxygens (including phenoxy) is 2. The third-order valence-corrected chi connectivity index (χ3v) is 4.44. The minimum Gasteiger partial charge on any atom is -0.353 e. The van der Waals surface area contributed by atoms with E-state index in [4.69, 9.17) is 9.47 Å². The highest BCUT2D eigenvalue weighted by Gasteiger charge is 2.17. The highest BCUT2D eigenvalue weighted by molar-refractivity contribution is 14.1. The molecule has 6 heteroatoms. The van der Waals surface area contributed by atoms with Gasteiger partial charge in [-0.1, -0.05) is 0 Å². The van der Waals surface area contributed by atoms with Crippen LogP contribution in [-0.2, 0) is 9.47 Å². The van der Waals surface area contributed by atoms with Crippen molar-refractivity contribution in [3.05, 3.63) is 22.3 Å². The Morgan fingerprint density at radius 3 is 3.25 bits per heavy atom. The van der Waals surface area contributed by atoms with Crippen molar-refractivity contribution in [1.29, 1.82) is 0 Å². The van der Waals surface area contributed by atoms with Gasteiger partial charge < -0.3 is 14.0 Å². The Morgan fingerprint density at radius 2 is 2.45 bits per heavy atom. The van der Waals surface area contributed by atoms with Crippen molar-refractivity contribution >= 4 is 33.6 Å². The lowest BCUT2D eigenvalue weighted by atomic mass is 10.2. The number of halogens is 1. The zero-order valence-corrected chi connectivity index (χ0v) is 13.6. The Bertz CT molecular complexity index is 581. The molecule has 1 fully saturated rings. The molecule has 3 rings (SSSR count). The maximum Gasteiger partial charge on any atom is 0.157 e. The highest BCUT2D eigenvalue weighted by atomic mass is 127. The van der Waals surface area contributed by atoms with Crippen LogP contribution in [0, 0.1) is 3.57 Å². The van der Waals surface area contributed by atoms with Gasteiger partial charge >= 0.3 is 0 Å². The van der Waals surface area contributed by atoms with Crippen molar-refractivity contribution in [2.75, 3.05) is 13.2 Å². The van der Waals surface area contributed by atoms with E-state index in [0.29, 0.717) is 6.61 Å². The van der Waals surface area contributed by atoms with E-state index in [0.717, 1.165) is 30.5 Å². The van der Waals surface area contributed by atoms with Gasteiger partial charge in [0.2, 0.25) is 0 Å². The maximum atomic E-state index is 5.87. The molecule has 3 heterocycles. The van der Waals surface area contributed by atoms with Crippen molar-refractivity contribution in [1.82, 2.24) is 14.5 Å². The molecule has 0 bridgehead atoms. The van der Waals surface area contributed by atoms with E-state index < -0.39 is 0 Å². The van der Waals surface area contributed by atoms with Crippen molar-refractivity contribution in [2.45, 2.75) is 38.5 Å². The van der Waals surface area contributed by atoms with Gasteiger partial charge in [-0.3, -0.25) is 0 Å². The first kappa shape index (κ1) is 14.2. The van der Waals surface area contributed by atoms with Crippen LogP contribution in [0.4, 0.5) is 0 Å². The number of nitrogens with zero attached hydrogens (tertiary/aromatic N) is 3. The van der Waals surface area contributed by atoms with Crippen LogP contribution in [-0.4, -0.2) is 34.0 Å². The van der Waals surface area contributed by atoms with Crippen molar-refractivity contribution < 1.29 is 9.47 Å². The first-order valence-corrected chi connectivity index (χ1v) is 8.03. The van der Waals surface area contributed by atoms with Gasteiger partial charge in [0.15, 0.2) is 6.29 Å². The predicted octanol–water partition coefficient (Wildman–Crippen LogP) is 3.14. The van der Waals surface area contributed by atoms with E-state index in [1.54, 1.807) is 6.33 Å². The molecule has 1 unspecified atom stereocenters. The summed E-state index contributed by atoms with van der Waals surface area (Å²) in [4.78, 5) is 8.46. The predicted molar refractivity (Wildman–Crippen MR) is 84.5 cm³/mol. The standard InChI is InChI=1S/C14H18IN3O2/c1-10(8-20-13-4-2-3-5-19-13)18-7-12(15)11-6-16-9-17-14(11)18/h6-7,9-10,13H,2-5,8H2,1H3/t10-,13?/m1/s1. The SMILES string of the molecule is C[C@H](COC1CCCCO1)n1cc(I)c2cncnc21. The molecule has 0 aliphatic carbocycles. The number of rotatable bonds is 4. The molecule has 1 aliphatic rings. The van der Waals surface area contributed by atoms with Crippen LogP contribution in [0.25, 0.3) is 11.0 Å². The van der Waals surface area contributed by atoms with Gasteiger partial charge in [0.1, 0.15) is 12.0 Å². The Morgan fingerprint density at radius 1 is 1.55 bits per heavy atom. The fourth-order valence-electron chi connectivity index (χ4n) is 2.46. The topological polar surface area (TPSA) is 49.2 Å². The number of hydrogen-bond acceptors (Lipinski definition) is 4. The molecule has 0 N–H and O–H groups in total. The minimum atomic E-state index is -0.0401. The summed E-state index contributed by atoms with van der Waals surface area (Å²) in [6.07, 6.45) is 8.85. The van der Waals surface area contributed by atoms with Crippen LogP contribution in [0.15, 0.2) is 18.7 Å². The van der Waals surface area contributed by atoms with Gasteiger partial charge in [-0.2, -0.15) is 0 Å². The van der Waals surface area contributed by atoms with Crippen molar-refractivity contribution in [2.24, 2.45) is 0 Å². The summed E-state index contributed by atoms with van der Waals surface area (Å²) in [6, 6.07) is 0.224. The van der Waals surface area contributed by atoms with Crippen molar-refractivity contribution in [3.8, 4) is 0 Å². The maximum absolute atomic E-state index is 5.87. The van der Waals surface area contributed by atoms with Gasteiger partial charge in [0, 0.05) is 22.6 Å². The van der Waals surface area contributed by atoms with Crippen LogP contribution in [0.1, 0.15) is 32.2 Å². The molecule has 2 aromatic heterocycles. The number of aromatic nitrogens is 3. The Hall–Kier alpha value is -0.730. The Balaban J connectivity index is 1.70. The molecule has 0 saturated carbocycles. The third kappa shape index (κ3) is 2.96.